The lowest BCUT2D eigenvalue weighted by atomic mass is 9.97. The van der Waals surface area contributed by atoms with Gasteiger partial charge < -0.3 is 4.74 Å². The molecule has 0 saturated heterocycles. The first-order valence-corrected chi connectivity index (χ1v) is 14.2. The van der Waals surface area contributed by atoms with Crippen LogP contribution in [0, 0.1) is 10.1 Å². The number of nitrogens with one attached hydrogen (secondary N) is 1. The number of hydrogen-bond donors (Lipinski definition) is 1. The number of thiophene rings is 1. The number of hydrogen-bond acceptors (Lipinski definition) is 9. The number of carbonyl (C=O) groups is 1. The van der Waals surface area contributed by atoms with E-state index in [4.69, 9.17) is 9.72 Å². The molecule has 2 heterocycles. The Morgan fingerprint density at radius 3 is 2.67 bits per heavy atom. The zero-order valence-electron chi connectivity index (χ0n) is 21.1. The minimum absolute atomic E-state index is 0.0162. The summed E-state index contributed by atoms with van der Waals surface area (Å²) in [5.74, 6) is 0.310. The van der Waals surface area contributed by atoms with Crippen LogP contribution in [-0.2, 0) is 17.6 Å². The first-order valence-electron chi connectivity index (χ1n) is 12.4. The van der Waals surface area contributed by atoms with Crippen molar-refractivity contribution in [1.82, 2.24) is 15.0 Å². The quantitative estimate of drug-likeness (QED) is 0.101. The third kappa shape index (κ3) is 5.86. The van der Waals surface area contributed by atoms with Crippen LogP contribution in [0.15, 0.2) is 63.6 Å². The molecule has 0 saturated carbocycles. The number of aromatic nitrogens is 2. The van der Waals surface area contributed by atoms with Gasteiger partial charge in [0.25, 0.3) is 17.2 Å². The van der Waals surface area contributed by atoms with Gasteiger partial charge in [-0.3, -0.25) is 24.3 Å². The first kappa shape index (κ1) is 26.6. The fourth-order valence-electron chi connectivity index (χ4n) is 4.39. The molecule has 0 atom stereocenters. The molecule has 0 bridgehead atoms. The third-order valence-electron chi connectivity index (χ3n) is 6.20. The summed E-state index contributed by atoms with van der Waals surface area (Å²) in [5, 5.41) is 15.8. The van der Waals surface area contributed by atoms with Crippen molar-refractivity contribution in [2.45, 2.75) is 37.8 Å². The van der Waals surface area contributed by atoms with E-state index in [0.29, 0.717) is 39.0 Å². The summed E-state index contributed by atoms with van der Waals surface area (Å²) >= 11 is 2.72. The summed E-state index contributed by atoms with van der Waals surface area (Å²) in [6.45, 7) is 2.45. The Morgan fingerprint density at radius 1 is 1.21 bits per heavy atom. The van der Waals surface area contributed by atoms with Crippen LogP contribution >= 0.6 is 23.1 Å². The van der Waals surface area contributed by atoms with E-state index < -0.39 is 4.92 Å². The average Bonchev–Trinajstić information content (AvgIpc) is 3.32. The maximum atomic E-state index is 13.9. The maximum absolute atomic E-state index is 13.9. The number of nitro benzene ring substituents is 1. The average molecular weight is 564 g/mol. The van der Waals surface area contributed by atoms with Crippen LogP contribution in [0.3, 0.4) is 0 Å². The Bertz CT molecular complexity index is 1610. The van der Waals surface area contributed by atoms with Crippen molar-refractivity contribution >= 4 is 51.1 Å². The zero-order chi connectivity index (χ0) is 27.4. The largest absolute Gasteiger partial charge is 0.494 e. The van der Waals surface area contributed by atoms with Gasteiger partial charge in [0, 0.05) is 17.0 Å². The minimum Gasteiger partial charge on any atom is -0.494 e. The molecular formula is C27H25N5O5S2. The maximum Gasteiger partial charge on any atom is 0.269 e. The summed E-state index contributed by atoms with van der Waals surface area (Å²) in [6.07, 6.45) is 5.39. The number of nitro groups is 1. The predicted molar refractivity (Wildman–Crippen MR) is 153 cm³/mol. The smallest absolute Gasteiger partial charge is 0.269 e. The molecule has 0 radical (unpaired) electrons. The summed E-state index contributed by atoms with van der Waals surface area (Å²) in [7, 11) is 0. The van der Waals surface area contributed by atoms with Crippen LogP contribution in [-0.4, -0.2) is 39.0 Å². The van der Waals surface area contributed by atoms with Crippen LogP contribution in [0.5, 0.6) is 5.75 Å². The highest BCUT2D eigenvalue weighted by molar-refractivity contribution is 7.99. The number of ether oxygens (including phenoxy) is 1. The van der Waals surface area contributed by atoms with Crippen LogP contribution in [0.1, 0.15) is 35.8 Å². The summed E-state index contributed by atoms with van der Waals surface area (Å²) in [5.41, 5.74) is 4.65. The van der Waals surface area contributed by atoms with Crippen molar-refractivity contribution < 1.29 is 14.5 Å². The molecule has 0 fully saturated rings. The molecule has 1 aliphatic rings. The molecular weight excluding hydrogens is 538 g/mol. The fourth-order valence-corrected chi connectivity index (χ4v) is 6.50. The molecule has 39 heavy (non-hydrogen) atoms. The van der Waals surface area contributed by atoms with E-state index in [1.807, 2.05) is 31.2 Å². The number of non-ortho nitro benzene ring substituents is 1. The number of thioether (sulfide) groups is 1. The van der Waals surface area contributed by atoms with E-state index in [0.717, 1.165) is 43.0 Å². The molecule has 2 aromatic heterocycles. The van der Waals surface area contributed by atoms with Gasteiger partial charge in [0.05, 0.1) is 34.6 Å². The topological polar surface area (TPSA) is 129 Å². The highest BCUT2D eigenvalue weighted by Gasteiger charge is 2.23. The van der Waals surface area contributed by atoms with Crippen LogP contribution in [0.2, 0.25) is 0 Å². The number of carbonyl (C=O) groups excluding carboxylic acids is 1. The number of nitrogens with zero attached hydrogens (tertiary/aromatic N) is 4. The van der Waals surface area contributed by atoms with Crippen molar-refractivity contribution in [2.75, 3.05) is 12.4 Å². The van der Waals surface area contributed by atoms with Crippen molar-refractivity contribution in [1.29, 1.82) is 0 Å². The van der Waals surface area contributed by atoms with Gasteiger partial charge in [0.15, 0.2) is 5.16 Å². The van der Waals surface area contributed by atoms with E-state index in [1.165, 1.54) is 35.4 Å². The number of amides is 1. The van der Waals surface area contributed by atoms with E-state index in [1.54, 1.807) is 15.9 Å². The Balaban J connectivity index is 1.39. The van der Waals surface area contributed by atoms with E-state index in [-0.39, 0.29) is 22.9 Å². The van der Waals surface area contributed by atoms with Crippen molar-refractivity contribution in [3.63, 3.8) is 0 Å². The number of benzene rings is 2. The standard InChI is InChI=1S/C27H25N5O5S2/c1-2-37-20-13-11-18(12-14-20)31-26(34)24-21-5-3-4-6-22(21)39-25(24)29-27(31)38-16-23(33)30-28-15-17-7-9-19(10-8-17)32(35)36/h7-15H,2-6,16H2,1H3,(H,30,33). The number of fused-ring (bicyclic) bond motifs is 3. The molecule has 0 unspecified atom stereocenters. The first-order chi connectivity index (χ1) is 18.9. The molecule has 1 N–H and O–H groups in total. The molecule has 10 nitrogen and oxygen atoms in total. The molecule has 200 valence electrons. The van der Waals surface area contributed by atoms with Gasteiger partial charge in [-0.25, -0.2) is 10.4 Å². The fraction of sp³-hybridized carbons (Fsp3) is 0.259. The highest BCUT2D eigenvalue weighted by Crippen LogP contribution is 2.35. The molecule has 5 rings (SSSR count). The summed E-state index contributed by atoms with van der Waals surface area (Å²) in [4.78, 5) is 43.5. The second-order valence-corrected chi connectivity index (χ2v) is 10.8. The van der Waals surface area contributed by atoms with Crippen LogP contribution in [0.4, 0.5) is 5.69 Å². The molecule has 0 spiro atoms. The van der Waals surface area contributed by atoms with Crippen LogP contribution in [0.25, 0.3) is 15.9 Å². The normalized spacial score (nSPS) is 12.9. The van der Waals surface area contributed by atoms with Crippen molar-refractivity contribution in [3.8, 4) is 11.4 Å². The van der Waals surface area contributed by atoms with Crippen molar-refractivity contribution in [3.05, 3.63) is 85.0 Å². The molecule has 4 aromatic rings. The number of aryl methyl sites for hydroxylation is 2. The van der Waals surface area contributed by atoms with E-state index in [9.17, 15) is 19.7 Å². The van der Waals surface area contributed by atoms with Gasteiger partial charge in [-0.05, 0) is 80.1 Å². The Kier molecular flexibility index (Phi) is 8.03. The van der Waals surface area contributed by atoms with Gasteiger partial charge in [-0.1, -0.05) is 11.8 Å². The van der Waals surface area contributed by atoms with Gasteiger partial charge >= 0.3 is 0 Å². The van der Waals surface area contributed by atoms with E-state index >= 15 is 0 Å². The second kappa shape index (κ2) is 11.8. The summed E-state index contributed by atoms with van der Waals surface area (Å²) < 4.78 is 7.12. The summed E-state index contributed by atoms with van der Waals surface area (Å²) in [6, 6.07) is 13.1. The molecule has 2 aromatic carbocycles. The predicted octanol–water partition coefficient (Wildman–Crippen LogP) is 4.88. The lowest BCUT2D eigenvalue weighted by Gasteiger charge is -2.14. The van der Waals surface area contributed by atoms with Crippen molar-refractivity contribution in [2.24, 2.45) is 5.10 Å². The monoisotopic (exact) mass is 563 g/mol. The number of hydrazone groups is 1. The van der Waals surface area contributed by atoms with E-state index in [2.05, 4.69) is 10.5 Å². The SMILES string of the molecule is CCOc1ccc(-n2c(SCC(=O)NN=Cc3ccc([N+](=O)[O-])cc3)nc3sc4c(c3c2=O)CCCC4)cc1. The van der Waals surface area contributed by atoms with Crippen LogP contribution < -0.4 is 15.7 Å². The molecule has 1 amide bonds. The zero-order valence-corrected chi connectivity index (χ0v) is 22.7. The Morgan fingerprint density at radius 2 is 1.95 bits per heavy atom. The lowest BCUT2D eigenvalue weighted by molar-refractivity contribution is -0.384. The van der Waals surface area contributed by atoms with Gasteiger partial charge in [-0.15, -0.1) is 11.3 Å². The Labute approximate surface area is 231 Å². The minimum atomic E-state index is -0.483. The van der Waals surface area contributed by atoms with Gasteiger partial charge in [-0.2, -0.15) is 5.10 Å². The second-order valence-electron chi connectivity index (χ2n) is 8.78. The molecule has 12 heteroatoms. The van der Waals surface area contributed by atoms with Gasteiger partial charge in [0.2, 0.25) is 0 Å². The molecule has 0 aliphatic heterocycles. The molecule has 1 aliphatic carbocycles. The van der Waals surface area contributed by atoms with Gasteiger partial charge in [0.1, 0.15) is 10.6 Å². The Hall–Kier alpha value is -4.03. The lowest BCUT2D eigenvalue weighted by Crippen LogP contribution is -2.24. The number of rotatable bonds is 9. The highest BCUT2D eigenvalue weighted by atomic mass is 32.2. The third-order valence-corrected chi connectivity index (χ3v) is 8.33.